The molecule has 2 N–H and O–H groups in total. The molecule has 2 atom stereocenters. The first-order valence-corrected chi connectivity index (χ1v) is 26.5. The molecule has 0 saturated heterocycles. The van der Waals surface area contributed by atoms with E-state index < -0.39 is 45.6 Å². The van der Waals surface area contributed by atoms with E-state index in [1.165, 1.54) is 7.14 Å². The van der Waals surface area contributed by atoms with Crippen LogP contribution in [0.4, 0.5) is 26.3 Å². The molecule has 0 fully saturated rings. The number of ether oxygens (including phenoxy) is 2. The Bertz CT molecular complexity index is 2120. The van der Waals surface area contributed by atoms with Gasteiger partial charge in [0.25, 0.3) is 10.1 Å². The van der Waals surface area contributed by atoms with Gasteiger partial charge in [0.2, 0.25) is 7.14 Å². The summed E-state index contributed by atoms with van der Waals surface area (Å²) in [4.78, 5) is 42.9. The molecule has 0 aliphatic carbocycles. The lowest BCUT2D eigenvalue weighted by Gasteiger charge is -2.26. The van der Waals surface area contributed by atoms with Crippen molar-refractivity contribution in [3.63, 3.8) is 0 Å². The normalized spacial score (nSPS) is 12.3. The van der Waals surface area contributed by atoms with Crippen molar-refractivity contribution >= 4 is 57.2 Å². The second-order valence-corrected chi connectivity index (χ2v) is 22.7. The molecule has 0 aliphatic heterocycles. The molecule has 0 bridgehead atoms. The standard InChI is InChI=1S/2C15H14IO2.2C4H5F3O3.C4H12N.CH2Cl2.CH4O4S.CH4/c2*1-2-18-15(17)13-10-6-7-11-14(13)16-12-8-4-3-5-9-12;2*1-3(10,2(8)9)4(5,6)7;1-5(2,3)4;2-1-3;1-6(3,4)5-2;/h2*3-11H,2H2,1H3;2*10H,1H3,(H,8,9);1-4H3;1H2;2H,1H3;1H4/q2*+1;;;+1;;;/p-3. The monoisotopic (exact) mass is 1310 g/mol. The molecule has 402 valence electrons. The predicted molar refractivity (Wildman–Crippen MR) is 239 cm³/mol. The maximum absolute atomic E-state index is 11.9. The first-order chi connectivity index (χ1) is 32.0. The highest BCUT2D eigenvalue weighted by atomic mass is 127. The molecule has 71 heavy (non-hydrogen) atoms. The minimum atomic E-state index is -5.19. The molecule has 0 spiro atoms. The average molecular weight is 1310 g/mol. The summed E-state index contributed by atoms with van der Waals surface area (Å²) in [5.74, 6) is -5.55. The van der Waals surface area contributed by atoms with Gasteiger partial charge < -0.3 is 53.6 Å². The molecular weight excluding hydrogens is 1250 g/mol. The second kappa shape index (κ2) is 36.1. The Hall–Kier alpha value is -3.87. The summed E-state index contributed by atoms with van der Waals surface area (Å²) < 4.78 is 106. The largest absolute Gasteiger partial charge is 0.707 e. The van der Waals surface area contributed by atoms with Crippen molar-refractivity contribution in [2.24, 2.45) is 0 Å². The summed E-state index contributed by atoms with van der Waals surface area (Å²) >= 11 is 8.85. The van der Waals surface area contributed by atoms with E-state index >= 15 is 0 Å². The lowest BCUT2D eigenvalue weighted by atomic mass is 10.1. The van der Waals surface area contributed by atoms with Crippen molar-refractivity contribution in [1.29, 1.82) is 0 Å². The summed E-state index contributed by atoms with van der Waals surface area (Å²) in [6.07, 6.45) is -9.70. The number of aliphatic hydroxyl groups is 2. The molecule has 0 heterocycles. The first-order valence-electron chi connectivity index (χ1n) is 19.3. The number of rotatable bonds is 11. The number of alkyl halides is 8. The van der Waals surface area contributed by atoms with Gasteiger partial charge in [0.05, 0.1) is 64.9 Å². The Labute approximate surface area is 440 Å². The fourth-order valence-electron chi connectivity index (χ4n) is 3.26. The molecule has 0 aliphatic rings. The van der Waals surface area contributed by atoms with Crippen molar-refractivity contribution in [2.45, 2.75) is 58.7 Å². The zero-order valence-corrected chi connectivity index (χ0v) is 45.6. The number of nitrogens with zero attached hydrogens (tertiary/aromatic N) is 1. The van der Waals surface area contributed by atoms with Gasteiger partial charge in [0.1, 0.15) is 11.1 Å². The maximum atomic E-state index is 11.9. The SMILES string of the molecule is C.CC(O)(C(=O)[O-])C(F)(F)F.CC(O)(C(=O)[O-])C(F)(F)F.CCOC(=O)c1ccccc1[I+]c1ccccc1.CCOC(=O)c1ccccc1[I+]c1ccccc1.CS(=O)(=O)O[O-].C[N+](C)(C)C.ClCCl. The topological polar surface area (TPSA) is 240 Å². The summed E-state index contributed by atoms with van der Waals surface area (Å²) in [5.41, 5.74) is -6.10. The van der Waals surface area contributed by atoms with Crippen molar-refractivity contribution in [3.8, 4) is 0 Å². The molecular formula is C45H57Cl2F6I2NO14S. The molecule has 4 aromatic carbocycles. The van der Waals surface area contributed by atoms with Gasteiger partial charge in [0, 0.05) is 0 Å². The molecule has 15 nitrogen and oxygen atoms in total. The van der Waals surface area contributed by atoms with Crippen LogP contribution in [0.15, 0.2) is 109 Å². The molecule has 4 rings (SSSR count). The van der Waals surface area contributed by atoms with E-state index in [1.807, 2.05) is 98.8 Å². The molecule has 0 saturated carbocycles. The van der Waals surface area contributed by atoms with Gasteiger partial charge in [0.15, 0.2) is 18.3 Å². The number of carbonyl (C=O) groups excluding carboxylic acids is 4. The van der Waals surface area contributed by atoms with E-state index in [1.54, 1.807) is 0 Å². The van der Waals surface area contributed by atoms with Crippen LogP contribution >= 0.6 is 23.2 Å². The van der Waals surface area contributed by atoms with E-state index in [2.05, 4.69) is 56.8 Å². The first kappa shape index (κ1) is 73.7. The van der Waals surface area contributed by atoms with E-state index in [0.717, 1.165) is 11.6 Å². The van der Waals surface area contributed by atoms with Gasteiger partial charge >= 0.3 is 66.7 Å². The highest BCUT2D eigenvalue weighted by Crippen LogP contribution is 2.29. The Morgan fingerprint density at radius 1 is 0.606 bits per heavy atom. The minimum Gasteiger partial charge on any atom is -0.707 e. The number of esters is 2. The summed E-state index contributed by atoms with van der Waals surface area (Å²) in [6.45, 7) is 4.71. The highest BCUT2D eigenvalue weighted by molar-refractivity contribution is 7.85. The van der Waals surface area contributed by atoms with Crippen LogP contribution in [-0.4, -0.2) is 124 Å². The smallest absolute Gasteiger partial charge is 0.422 e. The lowest BCUT2D eigenvalue weighted by Crippen LogP contribution is -3.61. The molecule has 0 radical (unpaired) electrons. The van der Waals surface area contributed by atoms with E-state index in [9.17, 15) is 64.2 Å². The Kier molecular flexibility index (Phi) is 37.5. The Morgan fingerprint density at radius 3 is 1.01 bits per heavy atom. The molecule has 2 unspecified atom stereocenters. The summed E-state index contributed by atoms with van der Waals surface area (Å²) in [6, 6.07) is 36.0. The van der Waals surface area contributed by atoms with Crippen molar-refractivity contribution in [3.05, 3.63) is 135 Å². The number of hydrogen-bond acceptors (Lipinski definition) is 14. The quantitative estimate of drug-likeness (QED) is 0.0338. The van der Waals surface area contributed by atoms with Crippen LogP contribution in [0.5, 0.6) is 0 Å². The molecule has 4 aromatic rings. The Balaban J connectivity index is -0.000000395. The van der Waals surface area contributed by atoms with E-state index in [0.29, 0.717) is 30.6 Å². The van der Waals surface area contributed by atoms with Crippen molar-refractivity contribution < 1.29 is 140 Å². The number of quaternary nitrogens is 1. The van der Waals surface area contributed by atoms with E-state index in [-0.39, 0.29) is 81.0 Å². The van der Waals surface area contributed by atoms with Crippen LogP contribution in [0.3, 0.4) is 0 Å². The number of carboxylic acids is 2. The van der Waals surface area contributed by atoms with Crippen LogP contribution in [0.2, 0.25) is 0 Å². The number of aliphatic carboxylic acids is 2. The van der Waals surface area contributed by atoms with Gasteiger partial charge in [-0.3, -0.25) is 0 Å². The van der Waals surface area contributed by atoms with Crippen LogP contribution in [0, 0.1) is 14.3 Å². The van der Waals surface area contributed by atoms with Crippen LogP contribution < -0.4 is 57.9 Å². The van der Waals surface area contributed by atoms with Gasteiger partial charge in [-0.25, -0.2) is 18.0 Å². The number of hydrogen-bond donors (Lipinski definition) is 2. The number of carbonyl (C=O) groups is 4. The summed E-state index contributed by atoms with van der Waals surface area (Å²) in [7, 11) is 4.78. The third kappa shape index (κ3) is 34.2. The van der Waals surface area contributed by atoms with Gasteiger partial charge in [-0.2, -0.15) is 26.3 Å². The molecule has 26 heteroatoms. The van der Waals surface area contributed by atoms with Gasteiger partial charge in [-0.1, -0.05) is 68.1 Å². The highest BCUT2D eigenvalue weighted by Gasteiger charge is 2.52. The van der Waals surface area contributed by atoms with Crippen molar-refractivity contribution in [1.82, 2.24) is 0 Å². The lowest BCUT2D eigenvalue weighted by molar-refractivity contribution is -0.849. The zero-order chi connectivity index (χ0) is 55.2. The number of benzene rings is 4. The van der Waals surface area contributed by atoms with E-state index in [4.69, 9.17) is 48.1 Å². The van der Waals surface area contributed by atoms with Gasteiger partial charge in [-0.05, 0) is 76.2 Å². The second-order valence-electron chi connectivity index (χ2n) is 14.5. The van der Waals surface area contributed by atoms with Crippen LogP contribution in [-0.2, 0) is 33.5 Å². The summed E-state index contributed by atoms with van der Waals surface area (Å²) in [5, 5.41) is 44.5. The molecule has 0 aromatic heterocycles. The Morgan fingerprint density at radius 2 is 0.831 bits per heavy atom. The fraction of sp³-hybridized carbons (Fsp3) is 0.378. The maximum Gasteiger partial charge on any atom is 0.422 e. The minimum absolute atomic E-state index is 0. The van der Waals surface area contributed by atoms with Crippen LogP contribution in [0.25, 0.3) is 0 Å². The predicted octanol–water partition coefficient (Wildman–Crippen LogP) is -1.30. The average Bonchev–Trinajstić information content (AvgIpc) is 3.24. The van der Waals surface area contributed by atoms with Crippen molar-refractivity contribution in [2.75, 3.05) is 53.0 Å². The number of halogens is 10. The third-order valence-corrected chi connectivity index (χ3v) is 12.6. The molecule has 0 amide bonds. The van der Waals surface area contributed by atoms with Gasteiger partial charge in [-0.15, -0.1) is 23.2 Å². The van der Waals surface area contributed by atoms with Crippen LogP contribution in [0.1, 0.15) is 55.8 Å². The zero-order valence-electron chi connectivity index (χ0n) is 38.9. The third-order valence-electron chi connectivity index (χ3n) is 6.65. The fourth-order valence-corrected chi connectivity index (χ4v) is 8.31. The number of carboxylic acid groups (broad SMARTS) is 2.